The van der Waals surface area contributed by atoms with Crippen molar-refractivity contribution in [2.24, 2.45) is 22.7 Å². The van der Waals surface area contributed by atoms with E-state index in [0.717, 1.165) is 32.1 Å². The molecule has 1 N–H and O–H groups in total. The Bertz CT molecular complexity index is 336. The first-order valence-electron chi connectivity index (χ1n) is 6.69. The summed E-state index contributed by atoms with van der Waals surface area (Å²) in [6.45, 7) is 8.36. The van der Waals surface area contributed by atoms with Crippen LogP contribution in [0.4, 0.5) is 0 Å². The monoisotopic (exact) mass is 236 g/mol. The van der Waals surface area contributed by atoms with Gasteiger partial charge in [-0.25, -0.2) is 0 Å². The Morgan fingerprint density at radius 1 is 1.47 bits per heavy atom. The highest BCUT2D eigenvalue weighted by atomic mass is 16.3. The minimum Gasteiger partial charge on any atom is -0.396 e. The lowest BCUT2D eigenvalue weighted by Gasteiger charge is -2.32. The van der Waals surface area contributed by atoms with Crippen molar-refractivity contribution < 1.29 is 9.90 Å². The van der Waals surface area contributed by atoms with E-state index in [1.54, 1.807) is 0 Å². The van der Waals surface area contributed by atoms with Crippen molar-refractivity contribution in [2.75, 3.05) is 6.61 Å². The molecule has 2 heteroatoms. The molecule has 2 saturated carbocycles. The van der Waals surface area contributed by atoms with Crippen molar-refractivity contribution in [1.82, 2.24) is 0 Å². The minimum absolute atomic E-state index is 0.0269. The molecule has 0 bridgehead atoms. The maximum Gasteiger partial charge on any atom is 0.136 e. The van der Waals surface area contributed by atoms with Gasteiger partial charge in [-0.2, -0.15) is 0 Å². The number of allylic oxidation sites excluding steroid dienone is 1. The number of Topliss-reactive ketones (excluding diaryl/α,β-unsaturated/α-hetero) is 1. The highest BCUT2D eigenvalue weighted by Gasteiger charge is 2.56. The predicted molar refractivity (Wildman–Crippen MR) is 68.6 cm³/mol. The number of carbonyl (C=O) groups excluding carboxylic acids is 1. The molecule has 2 rings (SSSR count). The van der Waals surface area contributed by atoms with Gasteiger partial charge in [-0.05, 0) is 42.4 Å². The van der Waals surface area contributed by atoms with E-state index in [4.69, 9.17) is 0 Å². The molecule has 0 spiro atoms. The largest absolute Gasteiger partial charge is 0.396 e. The van der Waals surface area contributed by atoms with Gasteiger partial charge in [0.05, 0.1) is 0 Å². The summed E-state index contributed by atoms with van der Waals surface area (Å²) >= 11 is 0. The molecule has 0 aromatic carbocycles. The van der Waals surface area contributed by atoms with Gasteiger partial charge in [-0.3, -0.25) is 4.79 Å². The molecule has 2 aliphatic rings. The van der Waals surface area contributed by atoms with E-state index in [-0.39, 0.29) is 23.4 Å². The van der Waals surface area contributed by atoms with Gasteiger partial charge in [0.1, 0.15) is 5.78 Å². The SMILES string of the molecule is C=CCC[C@]1(C)CC(=O)[C@H]2C[C@@](C)(CO)C[C@H]21. The fraction of sp³-hybridized carbons (Fsp3) is 0.800. The average Bonchev–Trinajstić information content (AvgIpc) is 2.75. The summed E-state index contributed by atoms with van der Waals surface area (Å²) in [7, 11) is 0. The van der Waals surface area contributed by atoms with E-state index in [1.807, 2.05) is 6.08 Å². The number of hydrogen-bond acceptors (Lipinski definition) is 2. The normalized spacial score (nSPS) is 45.0. The van der Waals surface area contributed by atoms with Gasteiger partial charge in [-0.1, -0.05) is 19.9 Å². The Hall–Kier alpha value is -0.630. The van der Waals surface area contributed by atoms with Crippen LogP contribution in [0.3, 0.4) is 0 Å². The van der Waals surface area contributed by atoms with Gasteiger partial charge in [0.2, 0.25) is 0 Å². The Morgan fingerprint density at radius 2 is 2.18 bits per heavy atom. The summed E-state index contributed by atoms with van der Waals surface area (Å²) in [5.74, 6) is 1.12. The lowest BCUT2D eigenvalue weighted by molar-refractivity contribution is -0.121. The maximum absolute atomic E-state index is 12.1. The van der Waals surface area contributed by atoms with Crippen molar-refractivity contribution >= 4 is 5.78 Å². The first-order chi connectivity index (χ1) is 7.94. The number of carbonyl (C=O) groups is 1. The highest BCUT2D eigenvalue weighted by molar-refractivity contribution is 5.85. The third kappa shape index (κ3) is 2.08. The Balaban J connectivity index is 2.18. The molecule has 0 saturated heterocycles. The number of ketones is 1. The third-order valence-electron chi connectivity index (χ3n) is 5.10. The molecule has 0 amide bonds. The zero-order valence-electron chi connectivity index (χ0n) is 11.0. The van der Waals surface area contributed by atoms with Crippen LogP contribution in [0.15, 0.2) is 12.7 Å². The van der Waals surface area contributed by atoms with Gasteiger partial charge in [0.15, 0.2) is 0 Å². The number of fused-ring (bicyclic) bond motifs is 1. The van der Waals surface area contributed by atoms with Crippen LogP contribution >= 0.6 is 0 Å². The average molecular weight is 236 g/mol. The van der Waals surface area contributed by atoms with E-state index in [0.29, 0.717) is 11.7 Å². The van der Waals surface area contributed by atoms with Crippen LogP contribution in [0.5, 0.6) is 0 Å². The molecular formula is C15H24O2. The first-order valence-corrected chi connectivity index (χ1v) is 6.69. The number of rotatable bonds is 4. The molecule has 0 aromatic rings. The van der Waals surface area contributed by atoms with Gasteiger partial charge in [0.25, 0.3) is 0 Å². The summed E-state index contributed by atoms with van der Waals surface area (Å²) in [6, 6.07) is 0. The van der Waals surface area contributed by atoms with Crippen molar-refractivity contribution in [3.63, 3.8) is 0 Å². The second-order valence-electron chi connectivity index (χ2n) is 6.71. The quantitative estimate of drug-likeness (QED) is 0.762. The van der Waals surface area contributed by atoms with Crippen molar-refractivity contribution in [3.05, 3.63) is 12.7 Å². The number of hydrogen-bond donors (Lipinski definition) is 1. The number of aliphatic hydroxyl groups is 1. The standard InChI is InChI=1S/C15H24O2/c1-4-5-6-15(3)9-13(17)11-7-14(2,10-16)8-12(11)15/h4,11-12,16H,1,5-10H2,2-3H3/t11-,12+,14+,15+/m0/s1. The molecule has 2 aliphatic carbocycles. The molecular weight excluding hydrogens is 212 g/mol. The zero-order chi connectivity index (χ0) is 12.7. The molecule has 0 radical (unpaired) electrons. The lowest BCUT2D eigenvalue weighted by Crippen LogP contribution is -2.25. The molecule has 0 aromatic heterocycles. The molecule has 96 valence electrons. The summed E-state index contributed by atoms with van der Waals surface area (Å²) in [5.41, 5.74) is 0.115. The Morgan fingerprint density at radius 3 is 2.76 bits per heavy atom. The van der Waals surface area contributed by atoms with Gasteiger partial charge < -0.3 is 5.11 Å². The molecule has 2 fully saturated rings. The maximum atomic E-state index is 12.1. The van der Waals surface area contributed by atoms with Gasteiger partial charge >= 0.3 is 0 Å². The summed E-state index contributed by atoms with van der Waals surface area (Å²) in [4.78, 5) is 12.1. The lowest BCUT2D eigenvalue weighted by atomic mass is 9.73. The Labute approximate surface area is 104 Å². The molecule has 4 atom stereocenters. The van der Waals surface area contributed by atoms with Crippen LogP contribution in [0.2, 0.25) is 0 Å². The van der Waals surface area contributed by atoms with E-state index < -0.39 is 0 Å². The second kappa shape index (κ2) is 4.24. The Kier molecular flexibility index (Phi) is 3.19. The van der Waals surface area contributed by atoms with Crippen LogP contribution in [0.25, 0.3) is 0 Å². The number of aliphatic hydroxyl groups excluding tert-OH is 1. The van der Waals surface area contributed by atoms with Gasteiger partial charge in [-0.15, -0.1) is 6.58 Å². The van der Waals surface area contributed by atoms with E-state index >= 15 is 0 Å². The molecule has 0 unspecified atom stereocenters. The van der Waals surface area contributed by atoms with E-state index in [9.17, 15) is 9.90 Å². The molecule has 0 heterocycles. The van der Waals surface area contributed by atoms with Crippen LogP contribution in [0, 0.1) is 22.7 Å². The zero-order valence-corrected chi connectivity index (χ0v) is 11.0. The fourth-order valence-corrected chi connectivity index (χ4v) is 3.99. The van der Waals surface area contributed by atoms with Crippen LogP contribution in [-0.4, -0.2) is 17.5 Å². The fourth-order valence-electron chi connectivity index (χ4n) is 3.99. The van der Waals surface area contributed by atoms with Crippen molar-refractivity contribution in [1.29, 1.82) is 0 Å². The van der Waals surface area contributed by atoms with Crippen LogP contribution < -0.4 is 0 Å². The topological polar surface area (TPSA) is 37.3 Å². The third-order valence-corrected chi connectivity index (χ3v) is 5.10. The summed E-state index contributed by atoms with van der Waals surface area (Å²) < 4.78 is 0. The van der Waals surface area contributed by atoms with Gasteiger partial charge in [0, 0.05) is 18.9 Å². The predicted octanol–water partition coefficient (Wildman–Crippen LogP) is 2.96. The summed E-state index contributed by atoms with van der Waals surface area (Å²) in [5, 5.41) is 9.49. The molecule has 2 nitrogen and oxygen atoms in total. The van der Waals surface area contributed by atoms with Crippen LogP contribution in [0.1, 0.15) is 46.0 Å². The minimum atomic E-state index is -0.0269. The summed E-state index contributed by atoms with van der Waals surface area (Å²) in [6.07, 6.45) is 6.62. The highest BCUT2D eigenvalue weighted by Crippen LogP contribution is 2.60. The smallest absolute Gasteiger partial charge is 0.136 e. The van der Waals surface area contributed by atoms with Crippen molar-refractivity contribution in [3.8, 4) is 0 Å². The molecule has 0 aliphatic heterocycles. The molecule has 17 heavy (non-hydrogen) atoms. The van der Waals surface area contributed by atoms with Crippen LogP contribution in [-0.2, 0) is 4.79 Å². The second-order valence-corrected chi connectivity index (χ2v) is 6.71. The van der Waals surface area contributed by atoms with E-state index in [2.05, 4.69) is 20.4 Å². The van der Waals surface area contributed by atoms with E-state index in [1.165, 1.54) is 0 Å². The first kappa shape index (κ1) is 12.8. The van der Waals surface area contributed by atoms with Crippen molar-refractivity contribution in [2.45, 2.75) is 46.0 Å².